The molecule has 0 fully saturated rings. The molecule has 0 spiro atoms. The minimum Gasteiger partial charge on any atom is -0.366 e. The Hall–Kier alpha value is -4.52. The molecule has 3 aliphatic rings. The van der Waals surface area contributed by atoms with Gasteiger partial charge in [-0.05, 0) is 88.7 Å². The van der Waals surface area contributed by atoms with Crippen molar-refractivity contribution in [2.45, 2.75) is 63.4 Å². The number of benzene rings is 7. The molecule has 0 aliphatic heterocycles. The summed E-state index contributed by atoms with van der Waals surface area (Å²) < 4.78 is 0. The summed E-state index contributed by atoms with van der Waals surface area (Å²) in [4.78, 5) is 0. The first-order valence-electron chi connectivity index (χ1n) is 22.8. The van der Waals surface area contributed by atoms with E-state index in [1.165, 1.54) is 76.1 Å². The van der Waals surface area contributed by atoms with Crippen LogP contribution in [0.1, 0.15) is 80.3 Å². The molecule has 336 valence electrons. The Morgan fingerprint density at radius 1 is 0.470 bits per heavy atom. The summed E-state index contributed by atoms with van der Waals surface area (Å²) in [6.45, 7) is 8.97. The maximum absolute atomic E-state index is 7.43. The second-order valence-corrected chi connectivity index (χ2v) is 23.5. The van der Waals surface area contributed by atoms with Crippen LogP contribution >= 0.6 is 15.8 Å². The van der Waals surface area contributed by atoms with Gasteiger partial charge in [-0.15, -0.1) is 23.3 Å². The molecular weight excluding hydrogens is 1200 g/mol. The molecule has 2 unspecified atom stereocenters. The molecule has 0 saturated heterocycles. The zero-order chi connectivity index (χ0) is 44.5. The van der Waals surface area contributed by atoms with Gasteiger partial charge in [0.25, 0.3) is 0 Å². The molecule has 3 aliphatic carbocycles. The van der Waals surface area contributed by atoms with E-state index in [1.54, 1.807) is 15.9 Å². The first-order valence-corrected chi connectivity index (χ1v) is 26.3. The van der Waals surface area contributed by atoms with Gasteiger partial charge in [-0.3, -0.25) is 11.8 Å². The summed E-state index contributed by atoms with van der Waals surface area (Å²) in [7, 11) is -1.28. The van der Waals surface area contributed by atoms with Gasteiger partial charge in [0.1, 0.15) is 0 Å². The standard InChI is InChI=1S/C28H30P2.2C17H13.2Au/c1-5-15-25(16-6-1)29(26-17-7-2-8-18-26)23-13-14-24-30(27-19-9-3-10-20-27)28-21-11-4-12-22-28;2*1-4-12-8-7-11-15-16(12)13-9-5-6-10-14(13)17(15,2)3;;/h1-12,15-21,28H,13-14,22-24H2;2*5-11H,2-3H3;;/q;2*-1;2*+1/p+2. The normalized spacial score (nSPS) is 15.2. The Morgan fingerprint density at radius 3 is 1.32 bits per heavy atom. The minimum absolute atomic E-state index is 0. The third-order valence-corrected chi connectivity index (χ3v) is 19.6. The van der Waals surface area contributed by atoms with Gasteiger partial charge in [0, 0.05) is 25.2 Å². The van der Waals surface area contributed by atoms with E-state index in [1.807, 2.05) is 24.3 Å². The van der Waals surface area contributed by atoms with Crippen molar-refractivity contribution >= 4 is 31.8 Å². The van der Waals surface area contributed by atoms with Crippen molar-refractivity contribution in [2.75, 3.05) is 12.3 Å². The number of allylic oxidation sites excluding steroid dienone is 4. The van der Waals surface area contributed by atoms with Crippen LogP contribution in [0.15, 0.2) is 200 Å². The molecule has 2 atom stereocenters. The van der Waals surface area contributed by atoms with Gasteiger partial charge in [0.05, 0.1) is 41.8 Å². The Bertz CT molecular complexity index is 2690. The maximum Gasteiger partial charge on any atom is 1.00 e. The Balaban J connectivity index is 0.000000172. The molecule has 10 rings (SSSR count). The Kier molecular flexibility index (Phi) is 18.1. The number of unbranched alkanes of at least 4 members (excludes halogenated alkanes) is 1. The fourth-order valence-corrected chi connectivity index (χ4v) is 15.9. The van der Waals surface area contributed by atoms with E-state index in [0.29, 0.717) is 0 Å². The van der Waals surface area contributed by atoms with Gasteiger partial charge in [0.2, 0.25) is 0 Å². The van der Waals surface area contributed by atoms with Crippen molar-refractivity contribution in [1.29, 1.82) is 0 Å². The monoisotopic (exact) mass is 1260 g/mol. The Labute approximate surface area is 429 Å². The van der Waals surface area contributed by atoms with Crippen molar-refractivity contribution in [3.8, 4) is 34.1 Å². The smallest absolute Gasteiger partial charge is 0.366 e. The van der Waals surface area contributed by atoms with Crippen LogP contribution in [0.3, 0.4) is 0 Å². The van der Waals surface area contributed by atoms with Gasteiger partial charge >= 0.3 is 44.8 Å². The average molecular weight is 1260 g/mol. The minimum atomic E-state index is -0.700. The van der Waals surface area contributed by atoms with E-state index in [2.05, 4.69) is 215 Å². The van der Waals surface area contributed by atoms with Crippen LogP contribution in [0.5, 0.6) is 0 Å². The second-order valence-electron chi connectivity index (χ2n) is 18.0. The summed E-state index contributed by atoms with van der Waals surface area (Å²) in [5.41, 5.74) is 12.7. The molecule has 4 heteroatoms. The van der Waals surface area contributed by atoms with Crippen molar-refractivity contribution in [3.63, 3.8) is 0 Å². The summed E-state index contributed by atoms with van der Waals surface area (Å²) >= 11 is 0. The predicted octanol–water partition coefficient (Wildman–Crippen LogP) is 13.9. The van der Waals surface area contributed by atoms with E-state index in [4.69, 9.17) is 12.8 Å². The molecule has 0 heterocycles. The summed E-state index contributed by atoms with van der Waals surface area (Å²) in [5.74, 6) is 5.11. The van der Waals surface area contributed by atoms with E-state index in [0.717, 1.165) is 16.8 Å². The fraction of sp³-hybridized carbons (Fsp3) is 0.194. The molecule has 0 nitrogen and oxygen atoms in total. The molecule has 7 aromatic rings. The molecule has 0 saturated carbocycles. The van der Waals surface area contributed by atoms with Gasteiger partial charge < -0.3 is 12.8 Å². The molecule has 0 bridgehead atoms. The quantitative estimate of drug-likeness (QED) is 0.0444. The van der Waals surface area contributed by atoms with E-state index < -0.39 is 15.8 Å². The molecular formula is C62H58Au2P2+2. The zero-order valence-corrected chi connectivity index (χ0v) is 44.6. The predicted molar refractivity (Wildman–Crippen MR) is 281 cm³/mol. The molecule has 0 aromatic heterocycles. The van der Waals surface area contributed by atoms with Crippen LogP contribution in [0.4, 0.5) is 0 Å². The molecule has 7 aromatic carbocycles. The number of rotatable bonds is 9. The van der Waals surface area contributed by atoms with Crippen LogP contribution in [-0.4, -0.2) is 18.0 Å². The molecule has 0 amide bonds. The number of hydrogen-bond donors (Lipinski definition) is 0. The van der Waals surface area contributed by atoms with Crippen LogP contribution in [0.2, 0.25) is 0 Å². The van der Waals surface area contributed by atoms with Crippen LogP contribution in [0, 0.1) is 24.7 Å². The molecule has 66 heavy (non-hydrogen) atoms. The largest absolute Gasteiger partial charge is 1.00 e. The number of hydrogen-bond acceptors (Lipinski definition) is 0. The average Bonchev–Trinajstić information content (AvgIpc) is 3.74. The van der Waals surface area contributed by atoms with E-state index >= 15 is 0 Å². The molecule has 0 N–H and O–H groups in total. The van der Waals surface area contributed by atoms with Crippen LogP contribution < -0.4 is 15.9 Å². The van der Waals surface area contributed by atoms with Crippen molar-refractivity contribution < 1.29 is 44.8 Å². The van der Waals surface area contributed by atoms with Gasteiger partial charge in [-0.2, -0.15) is 0 Å². The van der Waals surface area contributed by atoms with Crippen molar-refractivity contribution in [2.24, 2.45) is 0 Å². The van der Waals surface area contributed by atoms with E-state index in [9.17, 15) is 0 Å². The fourth-order valence-electron chi connectivity index (χ4n) is 10.1. The first kappa shape index (κ1) is 50.9. The Morgan fingerprint density at radius 2 is 0.879 bits per heavy atom. The zero-order valence-electron chi connectivity index (χ0n) is 38.3. The first-order chi connectivity index (χ1) is 31.2. The van der Waals surface area contributed by atoms with Crippen LogP contribution in [-0.2, 0) is 55.6 Å². The van der Waals surface area contributed by atoms with E-state index in [-0.39, 0.29) is 55.6 Å². The second kappa shape index (κ2) is 23.5. The molecule has 0 radical (unpaired) electrons. The van der Waals surface area contributed by atoms with Gasteiger partial charge in [0.15, 0.2) is 0 Å². The maximum atomic E-state index is 7.43. The van der Waals surface area contributed by atoms with Gasteiger partial charge in [-0.25, -0.2) is 0 Å². The third kappa shape index (κ3) is 10.9. The van der Waals surface area contributed by atoms with Gasteiger partial charge in [-0.1, -0.05) is 184 Å². The topological polar surface area (TPSA) is 0 Å². The summed E-state index contributed by atoms with van der Waals surface area (Å²) in [6, 6.07) is 62.9. The summed E-state index contributed by atoms with van der Waals surface area (Å²) in [6.07, 6.45) is 30.7. The SMILES string of the molecule is C1=CCC([PH+](CCCC[PH+](c2ccccc2)c2ccccc2)c2ccccc2)C=C1.[Au+].[Au+].[C-]#Cc1cccc2c1-c1ccccc1C2(C)C.[C-]#Cc1cccc2c1-c1ccccc1C2(C)C. The summed E-state index contributed by atoms with van der Waals surface area (Å²) in [5, 5.41) is 4.69. The number of fused-ring (bicyclic) bond motifs is 6. The third-order valence-electron chi connectivity index (χ3n) is 13.4. The van der Waals surface area contributed by atoms with Crippen molar-refractivity contribution in [3.05, 3.63) is 246 Å². The van der Waals surface area contributed by atoms with Crippen molar-refractivity contribution in [1.82, 2.24) is 0 Å². The van der Waals surface area contributed by atoms with Crippen LogP contribution in [0.25, 0.3) is 22.3 Å².